The second-order valence-corrected chi connectivity index (χ2v) is 5.66. The Balaban J connectivity index is 1.92. The number of benzene rings is 1. The molecule has 0 saturated heterocycles. The molecule has 7 heteroatoms. The molecule has 2 aromatic rings. The molecule has 1 heterocycles. The standard InChI is InChI=1S/C13H11Cl2F2NOS/c14-10-2-1-3-11(12(10)15)18-6-8-4-5-9(19-8)7-20-13(16)17/h1-5,13,18H,6-7H2. The summed E-state index contributed by atoms with van der Waals surface area (Å²) in [5.41, 5.74) is 0.694. The molecule has 20 heavy (non-hydrogen) atoms. The molecule has 2 nitrogen and oxygen atoms in total. The summed E-state index contributed by atoms with van der Waals surface area (Å²) in [5.74, 6) is -1.09. The lowest BCUT2D eigenvalue weighted by molar-refractivity contribution is 0.251. The highest BCUT2D eigenvalue weighted by Gasteiger charge is 2.08. The van der Waals surface area contributed by atoms with Gasteiger partial charge < -0.3 is 9.73 Å². The summed E-state index contributed by atoms with van der Waals surface area (Å²) < 4.78 is 29.6. The van der Waals surface area contributed by atoms with Gasteiger partial charge in [0.05, 0.1) is 28.0 Å². The summed E-state index contributed by atoms with van der Waals surface area (Å²) in [4.78, 5) is 0. The Bertz CT molecular complexity index is 577. The molecule has 1 aromatic carbocycles. The summed E-state index contributed by atoms with van der Waals surface area (Å²) >= 11 is 12.5. The molecular weight excluding hydrogens is 327 g/mol. The van der Waals surface area contributed by atoms with Crippen LogP contribution >= 0.6 is 35.0 Å². The van der Waals surface area contributed by atoms with E-state index in [0.717, 1.165) is 0 Å². The predicted octanol–water partition coefficient (Wildman–Crippen LogP) is 5.65. The number of anilines is 1. The molecular formula is C13H11Cl2F2NOS. The average molecular weight is 338 g/mol. The van der Waals surface area contributed by atoms with Gasteiger partial charge in [-0.25, -0.2) is 0 Å². The van der Waals surface area contributed by atoms with Crippen LogP contribution in [0, 0.1) is 0 Å². The number of furan rings is 1. The number of nitrogens with one attached hydrogen (secondary N) is 1. The van der Waals surface area contributed by atoms with Gasteiger partial charge >= 0.3 is 0 Å². The number of hydrogen-bond donors (Lipinski definition) is 1. The fraction of sp³-hybridized carbons (Fsp3) is 0.231. The van der Waals surface area contributed by atoms with Crippen molar-refractivity contribution in [2.75, 3.05) is 5.32 Å². The van der Waals surface area contributed by atoms with Crippen LogP contribution in [0.25, 0.3) is 0 Å². The average Bonchev–Trinajstić information content (AvgIpc) is 2.86. The van der Waals surface area contributed by atoms with Crippen molar-refractivity contribution >= 4 is 40.7 Å². The molecule has 1 aromatic heterocycles. The largest absolute Gasteiger partial charge is 0.463 e. The molecule has 0 aliphatic heterocycles. The minimum absolute atomic E-state index is 0.148. The van der Waals surface area contributed by atoms with E-state index >= 15 is 0 Å². The van der Waals surface area contributed by atoms with E-state index in [2.05, 4.69) is 5.32 Å². The van der Waals surface area contributed by atoms with Crippen molar-refractivity contribution in [3.8, 4) is 0 Å². The fourth-order valence-corrected chi connectivity index (χ4v) is 2.38. The highest BCUT2D eigenvalue weighted by atomic mass is 35.5. The van der Waals surface area contributed by atoms with Crippen LogP contribution in [0.5, 0.6) is 0 Å². The van der Waals surface area contributed by atoms with Gasteiger partial charge in [-0.05, 0) is 24.3 Å². The predicted molar refractivity (Wildman–Crippen MR) is 79.8 cm³/mol. The molecule has 0 bridgehead atoms. The molecule has 2 rings (SSSR count). The van der Waals surface area contributed by atoms with Gasteiger partial charge in [-0.1, -0.05) is 41.0 Å². The van der Waals surface area contributed by atoms with Gasteiger partial charge in [0.25, 0.3) is 5.76 Å². The van der Waals surface area contributed by atoms with Crippen LogP contribution in [0.2, 0.25) is 10.0 Å². The molecule has 0 atom stereocenters. The molecule has 0 radical (unpaired) electrons. The first-order valence-electron chi connectivity index (χ1n) is 5.71. The van der Waals surface area contributed by atoms with Gasteiger partial charge in [-0.2, -0.15) is 8.78 Å². The second kappa shape index (κ2) is 7.20. The van der Waals surface area contributed by atoms with Crippen molar-refractivity contribution in [2.24, 2.45) is 0 Å². The summed E-state index contributed by atoms with van der Waals surface area (Å²) in [7, 11) is 0. The third kappa shape index (κ3) is 4.30. The second-order valence-electron chi connectivity index (χ2n) is 3.89. The van der Waals surface area contributed by atoms with Crippen LogP contribution in [0.4, 0.5) is 14.5 Å². The Labute approximate surface area is 129 Å². The Morgan fingerprint density at radius 2 is 1.90 bits per heavy atom. The Morgan fingerprint density at radius 1 is 1.15 bits per heavy atom. The van der Waals surface area contributed by atoms with Crippen molar-refractivity contribution in [1.82, 2.24) is 0 Å². The van der Waals surface area contributed by atoms with Gasteiger partial charge in [0, 0.05) is 0 Å². The van der Waals surface area contributed by atoms with Crippen LogP contribution < -0.4 is 5.32 Å². The third-order valence-corrected chi connectivity index (χ3v) is 4.00. The minimum Gasteiger partial charge on any atom is -0.463 e. The van der Waals surface area contributed by atoms with Gasteiger partial charge in [-0.3, -0.25) is 0 Å². The van der Waals surface area contributed by atoms with E-state index in [1.807, 2.05) is 0 Å². The zero-order valence-electron chi connectivity index (χ0n) is 10.2. The van der Waals surface area contributed by atoms with Gasteiger partial charge in [0.15, 0.2) is 0 Å². The van der Waals surface area contributed by atoms with Crippen LogP contribution in [0.15, 0.2) is 34.7 Å². The molecule has 0 unspecified atom stereocenters. The van der Waals surface area contributed by atoms with E-state index in [1.54, 1.807) is 30.3 Å². The maximum absolute atomic E-state index is 12.1. The zero-order chi connectivity index (χ0) is 14.5. The van der Waals surface area contributed by atoms with E-state index in [9.17, 15) is 8.78 Å². The van der Waals surface area contributed by atoms with E-state index in [1.165, 1.54) is 0 Å². The van der Waals surface area contributed by atoms with Crippen LogP contribution in [0.1, 0.15) is 11.5 Å². The van der Waals surface area contributed by atoms with Crippen LogP contribution in [-0.2, 0) is 12.3 Å². The smallest absolute Gasteiger partial charge is 0.284 e. The summed E-state index contributed by atoms with van der Waals surface area (Å²) in [6.45, 7) is 0.402. The van der Waals surface area contributed by atoms with E-state index in [0.29, 0.717) is 45.6 Å². The first-order valence-corrected chi connectivity index (χ1v) is 7.52. The first kappa shape index (κ1) is 15.5. The maximum atomic E-state index is 12.1. The van der Waals surface area contributed by atoms with Crippen LogP contribution in [-0.4, -0.2) is 5.76 Å². The summed E-state index contributed by atoms with van der Waals surface area (Å²) in [6, 6.07) is 8.70. The van der Waals surface area contributed by atoms with Crippen molar-refractivity contribution in [3.05, 3.63) is 51.9 Å². The van der Waals surface area contributed by atoms with E-state index < -0.39 is 5.76 Å². The fourth-order valence-electron chi connectivity index (χ4n) is 1.56. The molecule has 0 fully saturated rings. The number of rotatable bonds is 6. The highest BCUT2D eigenvalue weighted by Crippen LogP contribution is 2.30. The molecule has 0 amide bonds. The monoisotopic (exact) mass is 337 g/mol. The Kier molecular flexibility index (Phi) is 5.57. The quantitative estimate of drug-likeness (QED) is 0.736. The summed E-state index contributed by atoms with van der Waals surface area (Å²) in [5, 5.41) is 3.99. The molecule has 0 aliphatic rings. The molecule has 0 aliphatic carbocycles. The number of halogens is 4. The van der Waals surface area contributed by atoms with Crippen LogP contribution in [0.3, 0.4) is 0 Å². The molecule has 0 saturated carbocycles. The number of hydrogen-bond acceptors (Lipinski definition) is 3. The van der Waals surface area contributed by atoms with Gasteiger partial charge in [0.1, 0.15) is 11.5 Å². The zero-order valence-corrected chi connectivity index (χ0v) is 12.5. The highest BCUT2D eigenvalue weighted by molar-refractivity contribution is 7.98. The molecule has 108 valence electrons. The van der Waals surface area contributed by atoms with Crippen molar-refractivity contribution in [3.63, 3.8) is 0 Å². The Hall–Kier alpha value is -0.910. The molecule has 1 N–H and O–H groups in total. The molecule has 0 spiro atoms. The lowest BCUT2D eigenvalue weighted by Crippen LogP contribution is -1.98. The van der Waals surface area contributed by atoms with Gasteiger partial charge in [0.2, 0.25) is 0 Å². The topological polar surface area (TPSA) is 25.2 Å². The van der Waals surface area contributed by atoms with E-state index in [4.69, 9.17) is 27.6 Å². The number of thioether (sulfide) groups is 1. The van der Waals surface area contributed by atoms with E-state index in [-0.39, 0.29) is 5.75 Å². The maximum Gasteiger partial charge on any atom is 0.284 e. The van der Waals surface area contributed by atoms with Crippen molar-refractivity contribution in [2.45, 2.75) is 18.1 Å². The SMILES string of the molecule is FC(F)SCc1ccc(CNc2cccc(Cl)c2Cl)o1. The third-order valence-electron chi connectivity index (χ3n) is 2.47. The minimum atomic E-state index is -2.40. The Morgan fingerprint density at radius 3 is 2.65 bits per heavy atom. The normalized spacial score (nSPS) is 11.1. The van der Waals surface area contributed by atoms with Gasteiger partial charge in [-0.15, -0.1) is 0 Å². The lowest BCUT2D eigenvalue weighted by Gasteiger charge is -2.07. The first-order chi connectivity index (χ1) is 9.56. The van der Waals surface area contributed by atoms with Crippen molar-refractivity contribution in [1.29, 1.82) is 0 Å². The van der Waals surface area contributed by atoms with Crippen molar-refractivity contribution < 1.29 is 13.2 Å². The number of alkyl halides is 2. The lowest BCUT2D eigenvalue weighted by atomic mass is 10.3. The summed E-state index contributed by atoms with van der Waals surface area (Å²) in [6.07, 6.45) is 0.